The van der Waals surface area contributed by atoms with Crippen LogP contribution in [0, 0.1) is 5.92 Å². The van der Waals surface area contributed by atoms with Gasteiger partial charge in [-0.25, -0.2) is 0 Å². The van der Waals surface area contributed by atoms with Crippen LogP contribution in [-0.2, 0) is 9.53 Å². The molecule has 0 saturated heterocycles. The van der Waals surface area contributed by atoms with E-state index < -0.39 is 0 Å². The second-order valence-electron chi connectivity index (χ2n) is 3.29. The van der Waals surface area contributed by atoms with E-state index in [1.165, 1.54) is 0 Å². The van der Waals surface area contributed by atoms with Crippen molar-refractivity contribution in [2.45, 2.75) is 33.6 Å². The van der Waals surface area contributed by atoms with Gasteiger partial charge < -0.3 is 4.74 Å². The highest BCUT2D eigenvalue weighted by atomic mass is 16.5. The molecule has 0 fully saturated rings. The molecule has 13 heavy (non-hydrogen) atoms. The summed E-state index contributed by atoms with van der Waals surface area (Å²) in [7, 11) is 0. The first-order chi connectivity index (χ1) is 6.18. The summed E-state index contributed by atoms with van der Waals surface area (Å²) in [5.41, 5.74) is 0. The van der Waals surface area contributed by atoms with Gasteiger partial charge in [-0.1, -0.05) is 26.0 Å². The van der Waals surface area contributed by atoms with Gasteiger partial charge in [-0.05, 0) is 19.8 Å². The number of carbonyl (C=O) groups is 1. The first-order valence-corrected chi connectivity index (χ1v) is 4.91. The maximum absolute atomic E-state index is 10.8. The van der Waals surface area contributed by atoms with Gasteiger partial charge in [-0.2, -0.15) is 0 Å². The molecule has 0 aromatic carbocycles. The van der Waals surface area contributed by atoms with Crippen molar-refractivity contribution in [2.75, 3.05) is 13.2 Å². The third-order valence-electron chi connectivity index (χ3n) is 1.91. The van der Waals surface area contributed by atoms with E-state index in [9.17, 15) is 4.79 Å². The molecule has 1 unspecified atom stereocenters. The molecule has 0 amide bonds. The number of ketones is 1. The Morgan fingerprint density at radius 1 is 1.46 bits per heavy atom. The van der Waals surface area contributed by atoms with Crippen molar-refractivity contribution in [1.82, 2.24) is 0 Å². The third-order valence-corrected chi connectivity index (χ3v) is 1.91. The lowest BCUT2D eigenvalue weighted by Gasteiger charge is -2.01. The van der Waals surface area contributed by atoms with Gasteiger partial charge in [-0.15, -0.1) is 0 Å². The highest BCUT2D eigenvalue weighted by Crippen LogP contribution is 2.03. The molecule has 0 aliphatic carbocycles. The summed E-state index contributed by atoms with van der Waals surface area (Å²) in [5, 5.41) is 0. The molecule has 2 heteroatoms. The molecule has 0 aromatic heterocycles. The fourth-order valence-corrected chi connectivity index (χ4v) is 0.830. The number of ether oxygens (including phenoxy) is 1. The lowest BCUT2D eigenvalue weighted by atomic mass is 10.0. The molecule has 0 spiro atoms. The number of allylic oxidation sites excluding steroid dienone is 1. The van der Waals surface area contributed by atoms with Crippen LogP contribution in [0.5, 0.6) is 0 Å². The maximum Gasteiger partial charge on any atom is 0.132 e. The van der Waals surface area contributed by atoms with Gasteiger partial charge in [0.2, 0.25) is 0 Å². The molecule has 0 heterocycles. The van der Waals surface area contributed by atoms with Crippen LogP contribution in [0.2, 0.25) is 0 Å². The zero-order valence-electron chi connectivity index (χ0n) is 8.88. The molecule has 0 saturated carbocycles. The minimum absolute atomic E-state index is 0.141. The quantitative estimate of drug-likeness (QED) is 0.449. The third kappa shape index (κ3) is 7.72. The average molecular weight is 184 g/mol. The molecule has 1 atom stereocenters. The number of carbonyl (C=O) groups excluding carboxylic acids is 1. The molecule has 2 nitrogen and oxygen atoms in total. The van der Waals surface area contributed by atoms with Crippen LogP contribution in [-0.4, -0.2) is 19.0 Å². The first kappa shape index (κ1) is 12.4. The predicted octanol–water partition coefficient (Wildman–Crippen LogP) is 2.58. The summed E-state index contributed by atoms with van der Waals surface area (Å²) in [5.74, 6) is 0.390. The van der Waals surface area contributed by atoms with E-state index in [0.717, 1.165) is 19.4 Å². The molecule has 0 aromatic rings. The number of rotatable bonds is 7. The predicted molar refractivity (Wildman–Crippen MR) is 54.7 cm³/mol. The highest BCUT2D eigenvalue weighted by molar-refractivity contribution is 5.77. The molecule has 0 aliphatic heterocycles. The second-order valence-corrected chi connectivity index (χ2v) is 3.29. The topological polar surface area (TPSA) is 26.3 Å². The van der Waals surface area contributed by atoms with Crippen molar-refractivity contribution < 1.29 is 9.53 Å². The molecular weight excluding hydrogens is 164 g/mol. The molecule has 0 bridgehead atoms. The minimum atomic E-state index is 0.141. The van der Waals surface area contributed by atoms with Crippen LogP contribution < -0.4 is 0 Å². The molecule has 0 aliphatic rings. The monoisotopic (exact) mass is 184 g/mol. The Balaban J connectivity index is 3.35. The van der Waals surface area contributed by atoms with Crippen LogP contribution in [0.3, 0.4) is 0 Å². The SMILES string of the molecule is CCCOC/C=C/CC(C)C(C)=O. The van der Waals surface area contributed by atoms with Gasteiger partial charge in [0.25, 0.3) is 0 Å². The van der Waals surface area contributed by atoms with Crippen LogP contribution in [0.15, 0.2) is 12.2 Å². The van der Waals surface area contributed by atoms with E-state index in [-0.39, 0.29) is 11.7 Å². The molecule has 76 valence electrons. The van der Waals surface area contributed by atoms with Gasteiger partial charge in [0.05, 0.1) is 6.61 Å². The lowest BCUT2D eigenvalue weighted by Crippen LogP contribution is -2.04. The van der Waals surface area contributed by atoms with Gasteiger partial charge in [0, 0.05) is 12.5 Å². The highest BCUT2D eigenvalue weighted by Gasteiger charge is 2.03. The van der Waals surface area contributed by atoms with E-state index in [1.807, 2.05) is 19.1 Å². The van der Waals surface area contributed by atoms with Crippen LogP contribution in [0.4, 0.5) is 0 Å². The summed E-state index contributed by atoms with van der Waals surface area (Å²) in [6.45, 7) is 7.14. The molecule has 0 radical (unpaired) electrons. The van der Waals surface area contributed by atoms with Crippen molar-refractivity contribution in [3.05, 3.63) is 12.2 Å². The lowest BCUT2D eigenvalue weighted by molar-refractivity contribution is -0.120. The van der Waals surface area contributed by atoms with E-state index in [4.69, 9.17) is 4.74 Å². The normalized spacial score (nSPS) is 13.5. The smallest absolute Gasteiger partial charge is 0.132 e. The standard InChI is InChI=1S/C11H20O2/c1-4-8-13-9-6-5-7-10(2)11(3)12/h5-6,10H,4,7-9H2,1-3H3/b6-5+. The van der Waals surface area contributed by atoms with E-state index in [0.29, 0.717) is 6.61 Å². The van der Waals surface area contributed by atoms with Crippen molar-refractivity contribution in [2.24, 2.45) is 5.92 Å². The van der Waals surface area contributed by atoms with Crippen LogP contribution >= 0.6 is 0 Å². The largest absolute Gasteiger partial charge is 0.377 e. The Bertz CT molecular complexity index is 161. The van der Waals surface area contributed by atoms with E-state index in [2.05, 4.69) is 6.92 Å². The first-order valence-electron chi connectivity index (χ1n) is 4.91. The number of Topliss-reactive ketones (excluding diaryl/α,β-unsaturated/α-hetero) is 1. The molecule has 0 N–H and O–H groups in total. The Morgan fingerprint density at radius 2 is 2.15 bits per heavy atom. The zero-order valence-corrected chi connectivity index (χ0v) is 8.88. The number of hydrogen-bond acceptors (Lipinski definition) is 2. The van der Waals surface area contributed by atoms with Crippen molar-refractivity contribution in [3.8, 4) is 0 Å². The van der Waals surface area contributed by atoms with E-state index >= 15 is 0 Å². The van der Waals surface area contributed by atoms with Gasteiger partial charge in [0.1, 0.15) is 5.78 Å². The molecular formula is C11H20O2. The Hall–Kier alpha value is -0.630. The number of hydrogen-bond donors (Lipinski definition) is 0. The summed E-state index contributed by atoms with van der Waals surface area (Å²) in [6, 6.07) is 0. The summed E-state index contributed by atoms with van der Waals surface area (Å²) < 4.78 is 5.25. The minimum Gasteiger partial charge on any atom is -0.377 e. The van der Waals surface area contributed by atoms with Gasteiger partial charge in [-0.3, -0.25) is 4.79 Å². The fraction of sp³-hybridized carbons (Fsp3) is 0.727. The van der Waals surface area contributed by atoms with Crippen molar-refractivity contribution in [1.29, 1.82) is 0 Å². The van der Waals surface area contributed by atoms with E-state index in [1.54, 1.807) is 6.92 Å². The Kier molecular flexibility index (Phi) is 7.60. The van der Waals surface area contributed by atoms with Gasteiger partial charge >= 0.3 is 0 Å². The summed E-state index contributed by atoms with van der Waals surface area (Å²) in [4.78, 5) is 10.8. The Morgan fingerprint density at radius 3 is 2.69 bits per heavy atom. The maximum atomic E-state index is 10.8. The summed E-state index contributed by atoms with van der Waals surface area (Å²) in [6.07, 6.45) is 5.87. The summed E-state index contributed by atoms with van der Waals surface area (Å²) >= 11 is 0. The molecule has 0 rings (SSSR count). The Labute approximate surface area is 81.0 Å². The average Bonchev–Trinajstić information content (AvgIpc) is 2.10. The fourth-order valence-electron chi connectivity index (χ4n) is 0.830. The van der Waals surface area contributed by atoms with Crippen LogP contribution in [0.25, 0.3) is 0 Å². The van der Waals surface area contributed by atoms with Gasteiger partial charge in [0.15, 0.2) is 0 Å². The zero-order chi connectivity index (χ0) is 10.1. The van der Waals surface area contributed by atoms with Crippen LogP contribution in [0.1, 0.15) is 33.6 Å². The van der Waals surface area contributed by atoms with Crippen molar-refractivity contribution in [3.63, 3.8) is 0 Å². The second kappa shape index (κ2) is 7.99. The van der Waals surface area contributed by atoms with Crippen molar-refractivity contribution >= 4 is 5.78 Å².